The molecule has 0 unspecified atom stereocenters. The largest absolute Gasteiger partial charge is 0.208 e. The van der Waals surface area contributed by atoms with Crippen LogP contribution in [-0.4, -0.2) is 15.0 Å². The van der Waals surface area contributed by atoms with Crippen molar-refractivity contribution < 1.29 is 0 Å². The van der Waals surface area contributed by atoms with Crippen LogP contribution in [0.3, 0.4) is 0 Å². The van der Waals surface area contributed by atoms with E-state index in [9.17, 15) is 0 Å². The number of thiophene rings is 1. The molecule has 0 aliphatic rings. The average Bonchev–Trinajstić information content (AvgIpc) is 3.78. The van der Waals surface area contributed by atoms with Gasteiger partial charge in [0.25, 0.3) is 0 Å². The SMILES string of the molecule is c1ccc(-c2nc(-c3ccc(-c4cccc(-c5cc6ccc7cccc8c9cccc%10ccc%11cccc(c(c5)c6c78)c%11c%109)c4)cc3)nc(-c3cc4ccccc4s3)n2)cc1. The van der Waals surface area contributed by atoms with Crippen molar-refractivity contribution in [2.75, 3.05) is 0 Å². The Bertz CT molecular complexity index is 3830. The van der Waals surface area contributed by atoms with E-state index in [0.29, 0.717) is 17.5 Å². The summed E-state index contributed by atoms with van der Waals surface area (Å²) in [6.07, 6.45) is 0. The standard InChI is InChI=1S/C57H33N3S/c1-2-10-38(11-3-1)55-58-56(60-57(59-55)50-33-42-12-4-5-21-49(42)61-50)39-27-22-34(23-28-39)40-16-6-17-41(30-40)44-31-43-29-26-37-14-8-19-46-45-18-7-13-35-24-25-36-15-9-20-47(53(36)51(35)45)48(32-44)54(43)52(37)46/h1-33H. The molecular weight excluding hydrogens is 759 g/mol. The van der Waals surface area contributed by atoms with Crippen molar-refractivity contribution in [1.82, 2.24) is 15.0 Å². The van der Waals surface area contributed by atoms with Gasteiger partial charge in [0.1, 0.15) is 0 Å². The number of hydrogen-bond donors (Lipinski definition) is 0. The van der Waals surface area contributed by atoms with Crippen molar-refractivity contribution in [2.45, 2.75) is 0 Å². The molecule has 0 spiro atoms. The molecule has 4 heteroatoms. The molecular formula is C57H33N3S. The van der Waals surface area contributed by atoms with E-state index in [2.05, 4.69) is 182 Å². The second-order valence-electron chi connectivity index (χ2n) is 15.9. The molecule has 0 bridgehead atoms. The highest BCUT2D eigenvalue weighted by molar-refractivity contribution is 7.22. The fourth-order valence-electron chi connectivity index (χ4n) is 9.56. The Kier molecular flexibility index (Phi) is 7.47. The topological polar surface area (TPSA) is 38.7 Å². The molecule has 0 aliphatic heterocycles. The van der Waals surface area contributed by atoms with E-state index < -0.39 is 0 Å². The van der Waals surface area contributed by atoms with E-state index in [1.54, 1.807) is 11.3 Å². The summed E-state index contributed by atoms with van der Waals surface area (Å²) < 4.78 is 1.21. The Morgan fingerprint density at radius 1 is 0.262 bits per heavy atom. The molecule has 2 heterocycles. The summed E-state index contributed by atoms with van der Waals surface area (Å²) in [7, 11) is 0. The van der Waals surface area contributed by atoms with Gasteiger partial charge in [-0.2, -0.15) is 0 Å². The van der Waals surface area contributed by atoms with Crippen molar-refractivity contribution in [2.24, 2.45) is 0 Å². The van der Waals surface area contributed by atoms with Gasteiger partial charge in [-0.05, 0) is 123 Å². The van der Waals surface area contributed by atoms with Gasteiger partial charge in [0, 0.05) is 15.8 Å². The lowest BCUT2D eigenvalue weighted by atomic mass is 9.86. The first kappa shape index (κ1) is 34.1. The number of rotatable bonds is 5. The molecule has 11 aromatic carbocycles. The van der Waals surface area contributed by atoms with Crippen LogP contribution in [-0.2, 0) is 0 Å². The lowest BCUT2D eigenvalue weighted by molar-refractivity contribution is 1.08. The van der Waals surface area contributed by atoms with Crippen LogP contribution in [0.4, 0.5) is 0 Å². The number of nitrogens with zero attached hydrogens (tertiary/aromatic N) is 3. The third kappa shape index (κ3) is 5.46. The minimum Gasteiger partial charge on any atom is -0.208 e. The van der Waals surface area contributed by atoms with Crippen LogP contribution >= 0.6 is 11.3 Å². The van der Waals surface area contributed by atoms with Gasteiger partial charge < -0.3 is 0 Å². The Morgan fingerprint density at radius 2 is 0.738 bits per heavy atom. The van der Waals surface area contributed by atoms with Crippen LogP contribution in [0.5, 0.6) is 0 Å². The third-order valence-corrected chi connectivity index (χ3v) is 13.5. The summed E-state index contributed by atoms with van der Waals surface area (Å²) >= 11 is 1.71. The summed E-state index contributed by atoms with van der Waals surface area (Å²) in [5.41, 5.74) is 6.57. The molecule has 3 nitrogen and oxygen atoms in total. The molecule has 282 valence electrons. The molecule has 0 fully saturated rings. The fourth-order valence-corrected chi connectivity index (χ4v) is 10.6. The van der Waals surface area contributed by atoms with Crippen LogP contribution in [0.2, 0.25) is 0 Å². The first-order valence-electron chi connectivity index (χ1n) is 20.7. The number of aromatic nitrogens is 3. The van der Waals surface area contributed by atoms with E-state index >= 15 is 0 Å². The Hall–Kier alpha value is -7.79. The minimum absolute atomic E-state index is 0.655. The Morgan fingerprint density at radius 3 is 1.39 bits per heavy atom. The van der Waals surface area contributed by atoms with Crippen molar-refractivity contribution in [3.63, 3.8) is 0 Å². The predicted octanol–water partition coefficient (Wildman–Crippen LogP) is 15.8. The normalized spacial score (nSPS) is 11.9. The minimum atomic E-state index is 0.655. The third-order valence-electron chi connectivity index (χ3n) is 12.4. The summed E-state index contributed by atoms with van der Waals surface area (Å²) in [4.78, 5) is 16.1. The zero-order chi connectivity index (χ0) is 40.0. The van der Waals surface area contributed by atoms with Crippen LogP contribution in [0.25, 0.3) is 130 Å². The molecule has 0 saturated carbocycles. The molecule has 0 aliphatic carbocycles. The summed E-state index contributed by atoms with van der Waals surface area (Å²) in [6, 6.07) is 72.6. The number of hydrogen-bond acceptors (Lipinski definition) is 4. The van der Waals surface area contributed by atoms with Gasteiger partial charge in [-0.25, -0.2) is 15.0 Å². The van der Waals surface area contributed by atoms with E-state index in [-0.39, 0.29) is 0 Å². The molecule has 0 saturated heterocycles. The fraction of sp³-hybridized carbons (Fsp3) is 0. The molecule has 0 atom stereocenters. The monoisotopic (exact) mass is 791 g/mol. The van der Waals surface area contributed by atoms with E-state index in [0.717, 1.165) is 27.1 Å². The van der Waals surface area contributed by atoms with Gasteiger partial charge >= 0.3 is 0 Å². The zero-order valence-corrected chi connectivity index (χ0v) is 33.6. The Labute approximate surface area is 355 Å². The lowest BCUT2D eigenvalue weighted by Crippen LogP contribution is -1.99. The van der Waals surface area contributed by atoms with E-state index in [4.69, 9.17) is 15.0 Å². The van der Waals surface area contributed by atoms with Gasteiger partial charge in [0.15, 0.2) is 17.5 Å². The predicted molar refractivity (Wildman–Crippen MR) is 259 cm³/mol. The quantitative estimate of drug-likeness (QED) is 0.163. The number of fused-ring (bicyclic) bond motifs is 3. The molecule has 13 rings (SSSR count). The van der Waals surface area contributed by atoms with Crippen molar-refractivity contribution >= 4 is 86.1 Å². The molecule has 13 aromatic rings. The van der Waals surface area contributed by atoms with Crippen LogP contribution in [0, 0.1) is 0 Å². The van der Waals surface area contributed by atoms with Gasteiger partial charge in [-0.3, -0.25) is 0 Å². The summed E-state index contributed by atoms with van der Waals surface area (Å²) in [6.45, 7) is 0. The molecule has 61 heavy (non-hydrogen) atoms. The zero-order valence-electron chi connectivity index (χ0n) is 32.8. The van der Waals surface area contributed by atoms with Gasteiger partial charge in [0.05, 0.1) is 4.88 Å². The molecule has 0 radical (unpaired) electrons. The maximum absolute atomic E-state index is 5.05. The Balaban J connectivity index is 0.947. The summed E-state index contributed by atoms with van der Waals surface area (Å²) in [5.74, 6) is 2.00. The van der Waals surface area contributed by atoms with Crippen molar-refractivity contribution in [1.29, 1.82) is 0 Å². The van der Waals surface area contributed by atoms with Crippen LogP contribution in [0.1, 0.15) is 0 Å². The number of benzene rings is 10. The van der Waals surface area contributed by atoms with E-state index in [1.807, 2.05) is 18.2 Å². The second kappa shape index (κ2) is 13.4. The van der Waals surface area contributed by atoms with Gasteiger partial charge in [-0.1, -0.05) is 170 Å². The van der Waals surface area contributed by atoms with Crippen molar-refractivity contribution in [3.05, 3.63) is 200 Å². The summed E-state index contributed by atoms with van der Waals surface area (Å²) in [5, 5.41) is 16.6. The molecule has 0 amide bonds. The highest BCUT2D eigenvalue weighted by Gasteiger charge is 2.18. The van der Waals surface area contributed by atoms with E-state index in [1.165, 1.54) is 85.8 Å². The maximum Gasteiger partial charge on any atom is 0.174 e. The van der Waals surface area contributed by atoms with Crippen molar-refractivity contribution in [3.8, 4) is 55.7 Å². The lowest BCUT2D eigenvalue weighted by Gasteiger charge is -2.17. The van der Waals surface area contributed by atoms with Gasteiger partial charge in [0.2, 0.25) is 0 Å². The van der Waals surface area contributed by atoms with Crippen LogP contribution in [0.15, 0.2) is 200 Å². The van der Waals surface area contributed by atoms with Gasteiger partial charge in [-0.15, -0.1) is 11.3 Å². The first-order chi connectivity index (χ1) is 30.2. The molecule has 2 aromatic heterocycles. The highest BCUT2D eigenvalue weighted by Crippen LogP contribution is 2.45. The second-order valence-corrected chi connectivity index (χ2v) is 17.0. The van der Waals surface area contributed by atoms with Crippen LogP contribution < -0.4 is 0 Å². The average molecular weight is 792 g/mol. The molecule has 0 N–H and O–H groups in total. The highest BCUT2D eigenvalue weighted by atomic mass is 32.1. The smallest absolute Gasteiger partial charge is 0.174 e. The maximum atomic E-state index is 5.05. The first-order valence-corrected chi connectivity index (χ1v) is 21.5.